The van der Waals surface area contributed by atoms with Gasteiger partial charge in [0, 0.05) is 24.2 Å². The molecular weight excluding hydrogens is 384 g/mol. The molecule has 0 aliphatic carbocycles. The second-order valence-electron chi connectivity index (χ2n) is 6.43. The zero-order chi connectivity index (χ0) is 19.3. The van der Waals surface area contributed by atoms with E-state index in [-0.39, 0.29) is 12.4 Å². The molecule has 0 amide bonds. The molecule has 0 atom stereocenters. The number of pyridine rings is 2. The molecule has 0 saturated carbocycles. The Bertz CT molecular complexity index is 1150. The fourth-order valence-electron chi connectivity index (χ4n) is 3.07. The van der Waals surface area contributed by atoms with Crippen LogP contribution in [0.3, 0.4) is 0 Å². The number of hydrogen-bond donors (Lipinski definition) is 2. The van der Waals surface area contributed by atoms with Crippen LogP contribution in [0.5, 0.6) is 0 Å². The summed E-state index contributed by atoms with van der Waals surface area (Å²) in [6.07, 6.45) is 5.30. The van der Waals surface area contributed by atoms with Gasteiger partial charge in [-0.15, -0.1) is 12.4 Å². The van der Waals surface area contributed by atoms with E-state index >= 15 is 0 Å². The number of aromatic nitrogens is 4. The van der Waals surface area contributed by atoms with Crippen LogP contribution in [-0.2, 0) is 6.54 Å². The molecule has 7 heteroatoms. The summed E-state index contributed by atoms with van der Waals surface area (Å²) in [5, 5.41) is 19.8. The first kappa shape index (κ1) is 20.1. The van der Waals surface area contributed by atoms with Crippen LogP contribution in [0.4, 0.5) is 5.82 Å². The number of hydrogen-bond acceptors (Lipinski definition) is 5. The Morgan fingerprint density at radius 1 is 1.00 bits per heavy atom. The predicted octanol–water partition coefficient (Wildman–Crippen LogP) is 4.75. The third-order valence-electron chi connectivity index (χ3n) is 4.50. The minimum absolute atomic E-state index is 0. The van der Waals surface area contributed by atoms with Crippen molar-refractivity contribution in [3.63, 3.8) is 0 Å². The SMILES string of the molecule is Cc1cc(C#N)ccc1-c1ccnc(NCc2cc(-c3ccncc3)[nH]n2)c1.Cl. The van der Waals surface area contributed by atoms with Crippen LogP contribution in [0.2, 0.25) is 0 Å². The Labute approximate surface area is 175 Å². The number of nitrogens with zero attached hydrogens (tertiary/aromatic N) is 4. The molecule has 29 heavy (non-hydrogen) atoms. The van der Waals surface area contributed by atoms with Crippen molar-refractivity contribution < 1.29 is 0 Å². The van der Waals surface area contributed by atoms with Crippen molar-refractivity contribution in [1.82, 2.24) is 20.2 Å². The summed E-state index contributed by atoms with van der Waals surface area (Å²) in [5.41, 5.74) is 6.76. The van der Waals surface area contributed by atoms with Crippen LogP contribution in [0.25, 0.3) is 22.4 Å². The number of benzene rings is 1. The van der Waals surface area contributed by atoms with Crippen LogP contribution < -0.4 is 5.32 Å². The van der Waals surface area contributed by atoms with Gasteiger partial charge in [-0.1, -0.05) is 6.07 Å². The van der Waals surface area contributed by atoms with E-state index in [4.69, 9.17) is 5.26 Å². The van der Waals surface area contributed by atoms with E-state index in [0.717, 1.165) is 39.5 Å². The fraction of sp³-hybridized carbons (Fsp3) is 0.0909. The lowest BCUT2D eigenvalue weighted by Gasteiger charge is -2.09. The molecule has 1 aromatic carbocycles. The van der Waals surface area contributed by atoms with E-state index in [2.05, 4.69) is 31.6 Å². The van der Waals surface area contributed by atoms with Gasteiger partial charge in [0.2, 0.25) is 0 Å². The molecule has 4 rings (SSSR count). The second kappa shape index (κ2) is 9.00. The molecule has 0 spiro atoms. The number of aromatic amines is 1. The summed E-state index contributed by atoms with van der Waals surface area (Å²) < 4.78 is 0. The monoisotopic (exact) mass is 402 g/mol. The highest BCUT2D eigenvalue weighted by molar-refractivity contribution is 5.85. The highest BCUT2D eigenvalue weighted by Gasteiger charge is 2.07. The summed E-state index contributed by atoms with van der Waals surface area (Å²) >= 11 is 0. The number of halogens is 1. The van der Waals surface area contributed by atoms with Gasteiger partial charge in [-0.25, -0.2) is 4.98 Å². The van der Waals surface area contributed by atoms with Gasteiger partial charge in [0.15, 0.2) is 0 Å². The minimum Gasteiger partial charge on any atom is -0.364 e. The minimum atomic E-state index is 0. The van der Waals surface area contributed by atoms with Crippen molar-refractivity contribution in [2.45, 2.75) is 13.5 Å². The van der Waals surface area contributed by atoms with E-state index in [0.29, 0.717) is 12.1 Å². The summed E-state index contributed by atoms with van der Waals surface area (Å²) in [4.78, 5) is 8.43. The summed E-state index contributed by atoms with van der Waals surface area (Å²) in [5.74, 6) is 0.773. The number of rotatable bonds is 5. The first-order chi connectivity index (χ1) is 13.7. The Kier molecular flexibility index (Phi) is 6.22. The third kappa shape index (κ3) is 4.60. The Balaban J connectivity index is 0.00000240. The highest BCUT2D eigenvalue weighted by atomic mass is 35.5. The number of H-pyrrole nitrogens is 1. The van der Waals surface area contributed by atoms with Gasteiger partial charge in [-0.3, -0.25) is 10.1 Å². The second-order valence-corrected chi connectivity index (χ2v) is 6.43. The number of nitriles is 1. The van der Waals surface area contributed by atoms with E-state index in [1.54, 1.807) is 18.6 Å². The average Bonchev–Trinajstić information content (AvgIpc) is 3.22. The number of nitrogens with one attached hydrogen (secondary N) is 2. The van der Waals surface area contributed by atoms with Gasteiger partial charge in [0.1, 0.15) is 5.82 Å². The third-order valence-corrected chi connectivity index (χ3v) is 4.50. The lowest BCUT2D eigenvalue weighted by atomic mass is 9.99. The molecule has 0 radical (unpaired) electrons. The van der Waals surface area contributed by atoms with E-state index in [1.165, 1.54) is 0 Å². The molecule has 0 aliphatic rings. The highest BCUT2D eigenvalue weighted by Crippen LogP contribution is 2.26. The fourth-order valence-corrected chi connectivity index (χ4v) is 3.07. The molecule has 4 aromatic rings. The van der Waals surface area contributed by atoms with E-state index in [9.17, 15) is 0 Å². The zero-order valence-corrected chi connectivity index (χ0v) is 16.6. The first-order valence-electron chi connectivity index (χ1n) is 8.88. The van der Waals surface area contributed by atoms with E-state index < -0.39 is 0 Å². The first-order valence-corrected chi connectivity index (χ1v) is 8.88. The summed E-state index contributed by atoms with van der Waals surface area (Å²) in [6, 6.07) is 17.7. The largest absolute Gasteiger partial charge is 0.364 e. The Morgan fingerprint density at radius 3 is 2.55 bits per heavy atom. The molecule has 0 bridgehead atoms. The predicted molar refractivity (Wildman–Crippen MR) is 116 cm³/mol. The van der Waals surface area contributed by atoms with Crippen molar-refractivity contribution >= 4 is 18.2 Å². The van der Waals surface area contributed by atoms with Crippen LogP contribution in [0.1, 0.15) is 16.8 Å². The van der Waals surface area contributed by atoms with Crippen LogP contribution in [0, 0.1) is 18.3 Å². The van der Waals surface area contributed by atoms with Gasteiger partial charge in [0.05, 0.1) is 29.6 Å². The summed E-state index contributed by atoms with van der Waals surface area (Å²) in [7, 11) is 0. The maximum Gasteiger partial charge on any atom is 0.126 e. The van der Waals surface area contributed by atoms with Gasteiger partial charge in [0.25, 0.3) is 0 Å². The molecule has 2 N–H and O–H groups in total. The van der Waals surface area contributed by atoms with Crippen LogP contribution in [0.15, 0.2) is 67.1 Å². The normalized spacial score (nSPS) is 10.1. The average molecular weight is 403 g/mol. The molecule has 3 aromatic heterocycles. The summed E-state index contributed by atoms with van der Waals surface area (Å²) in [6.45, 7) is 2.57. The zero-order valence-electron chi connectivity index (χ0n) is 15.8. The smallest absolute Gasteiger partial charge is 0.126 e. The Morgan fingerprint density at radius 2 is 1.79 bits per heavy atom. The van der Waals surface area contributed by atoms with Gasteiger partial charge in [-0.05, 0) is 66.1 Å². The molecule has 3 heterocycles. The molecule has 0 aliphatic heterocycles. The maximum absolute atomic E-state index is 9.04. The topological polar surface area (TPSA) is 90.3 Å². The van der Waals surface area contributed by atoms with E-state index in [1.807, 2.05) is 55.5 Å². The van der Waals surface area contributed by atoms with Crippen LogP contribution >= 0.6 is 12.4 Å². The van der Waals surface area contributed by atoms with Crippen molar-refractivity contribution in [1.29, 1.82) is 5.26 Å². The molecule has 0 unspecified atom stereocenters. The molecule has 144 valence electrons. The maximum atomic E-state index is 9.04. The van der Waals surface area contributed by atoms with Gasteiger partial charge >= 0.3 is 0 Å². The van der Waals surface area contributed by atoms with Gasteiger partial charge < -0.3 is 5.32 Å². The van der Waals surface area contributed by atoms with Gasteiger partial charge in [-0.2, -0.15) is 10.4 Å². The van der Waals surface area contributed by atoms with Crippen molar-refractivity contribution in [3.8, 4) is 28.5 Å². The molecule has 6 nitrogen and oxygen atoms in total. The van der Waals surface area contributed by atoms with Crippen LogP contribution in [-0.4, -0.2) is 20.2 Å². The number of anilines is 1. The van der Waals surface area contributed by atoms with Crippen molar-refractivity contribution in [2.75, 3.05) is 5.32 Å². The molecular formula is C22H19ClN6. The quantitative estimate of drug-likeness (QED) is 0.502. The number of aryl methyl sites for hydroxylation is 1. The molecule has 0 saturated heterocycles. The lowest BCUT2D eigenvalue weighted by Crippen LogP contribution is -2.01. The van der Waals surface area contributed by atoms with Crippen molar-refractivity contribution in [3.05, 3.63) is 83.9 Å². The standard InChI is InChI=1S/C22H18N6.ClH/c1-15-10-16(13-23)2-3-20(15)18-6-9-25-22(11-18)26-14-19-12-21(28-27-19)17-4-7-24-8-5-17;/h2-12H,14H2,1H3,(H,25,26)(H,27,28);1H. The lowest BCUT2D eigenvalue weighted by molar-refractivity contribution is 0.976. The molecule has 0 fully saturated rings. The van der Waals surface area contributed by atoms with Crippen molar-refractivity contribution in [2.24, 2.45) is 0 Å². The Hall–Kier alpha value is -3.69.